The lowest BCUT2D eigenvalue weighted by Gasteiger charge is -2.28. The molecule has 6 nitrogen and oxygen atoms in total. The zero-order valence-electron chi connectivity index (χ0n) is 19.6. The van der Waals surface area contributed by atoms with Gasteiger partial charge < -0.3 is 4.74 Å². The molecule has 1 N–H and O–H groups in total. The standard InChI is InChI=1S/C28H26N2O4/c1-17-9-10-20(4)24(14-17)30-27(32)23(26(31)29-28(30)33)15-22-7-5-6-8-25(22)34-16-21-12-18(2)11-19(3)13-21/h5-15H,16H2,1-4H3,(H,29,31,33)/b23-15+. The number of anilines is 1. The SMILES string of the molecule is Cc1cc(C)cc(COc2ccccc2/C=C2\C(=O)NC(=O)N(c3cc(C)ccc3C)C2=O)c1. The van der Waals surface area contributed by atoms with E-state index in [9.17, 15) is 14.4 Å². The summed E-state index contributed by atoms with van der Waals surface area (Å²) in [5, 5.41) is 2.28. The van der Waals surface area contributed by atoms with E-state index in [0.717, 1.165) is 32.7 Å². The Hall–Kier alpha value is -4.19. The third kappa shape index (κ3) is 4.76. The molecular weight excluding hydrogens is 428 g/mol. The minimum atomic E-state index is -0.764. The molecule has 34 heavy (non-hydrogen) atoms. The maximum absolute atomic E-state index is 13.3. The van der Waals surface area contributed by atoms with Crippen molar-refractivity contribution in [1.82, 2.24) is 5.32 Å². The molecule has 1 fully saturated rings. The number of carbonyl (C=O) groups is 3. The lowest BCUT2D eigenvalue weighted by Crippen LogP contribution is -2.54. The van der Waals surface area contributed by atoms with Crippen LogP contribution in [0.25, 0.3) is 6.08 Å². The van der Waals surface area contributed by atoms with E-state index in [1.165, 1.54) is 6.08 Å². The smallest absolute Gasteiger partial charge is 0.335 e. The number of ether oxygens (including phenoxy) is 1. The fraction of sp³-hybridized carbons (Fsp3) is 0.179. The van der Waals surface area contributed by atoms with Crippen molar-refractivity contribution in [2.75, 3.05) is 4.90 Å². The van der Waals surface area contributed by atoms with Crippen LogP contribution in [0.3, 0.4) is 0 Å². The van der Waals surface area contributed by atoms with Gasteiger partial charge in [0.2, 0.25) is 0 Å². The van der Waals surface area contributed by atoms with Crippen molar-refractivity contribution in [2.24, 2.45) is 0 Å². The molecule has 0 aromatic heterocycles. The maximum Gasteiger partial charge on any atom is 0.335 e. The summed E-state index contributed by atoms with van der Waals surface area (Å²) < 4.78 is 6.04. The second kappa shape index (κ2) is 9.35. The van der Waals surface area contributed by atoms with Gasteiger partial charge in [-0.2, -0.15) is 0 Å². The number of rotatable bonds is 5. The number of nitrogens with zero attached hydrogens (tertiary/aromatic N) is 1. The number of hydrogen-bond acceptors (Lipinski definition) is 4. The van der Waals surface area contributed by atoms with Gasteiger partial charge in [-0.1, -0.05) is 59.7 Å². The van der Waals surface area contributed by atoms with Crippen molar-refractivity contribution >= 4 is 29.6 Å². The van der Waals surface area contributed by atoms with Crippen LogP contribution in [0.4, 0.5) is 10.5 Å². The second-order valence-electron chi connectivity index (χ2n) is 8.57. The molecule has 0 radical (unpaired) electrons. The molecule has 4 amide bonds. The van der Waals surface area contributed by atoms with Crippen LogP contribution in [0.15, 0.2) is 66.2 Å². The molecule has 172 valence electrons. The Kier molecular flexibility index (Phi) is 6.32. The molecule has 1 aliphatic rings. The first-order chi connectivity index (χ1) is 16.2. The van der Waals surface area contributed by atoms with E-state index in [1.54, 1.807) is 24.3 Å². The van der Waals surface area contributed by atoms with Crippen LogP contribution in [0.2, 0.25) is 0 Å². The molecule has 0 saturated carbocycles. The van der Waals surface area contributed by atoms with Crippen molar-refractivity contribution in [3.05, 3.63) is 99.6 Å². The molecule has 0 aliphatic carbocycles. The minimum Gasteiger partial charge on any atom is -0.488 e. The first-order valence-corrected chi connectivity index (χ1v) is 11.0. The number of benzene rings is 3. The van der Waals surface area contributed by atoms with Crippen LogP contribution in [-0.2, 0) is 16.2 Å². The Morgan fingerprint density at radius 1 is 0.853 bits per heavy atom. The van der Waals surface area contributed by atoms with Crippen molar-refractivity contribution in [3.8, 4) is 5.75 Å². The van der Waals surface area contributed by atoms with E-state index in [0.29, 0.717) is 23.6 Å². The molecule has 1 saturated heterocycles. The summed E-state index contributed by atoms with van der Waals surface area (Å²) in [6, 6.07) is 18.1. The molecule has 3 aromatic rings. The molecular formula is C28H26N2O4. The van der Waals surface area contributed by atoms with Gasteiger partial charge in [0.1, 0.15) is 17.9 Å². The lowest BCUT2D eigenvalue weighted by molar-refractivity contribution is -0.122. The Labute approximate surface area is 198 Å². The zero-order chi connectivity index (χ0) is 24.4. The van der Waals surface area contributed by atoms with Gasteiger partial charge in [0.15, 0.2) is 0 Å². The van der Waals surface area contributed by atoms with Gasteiger partial charge in [-0.3, -0.25) is 14.9 Å². The van der Waals surface area contributed by atoms with Gasteiger partial charge in [0, 0.05) is 5.56 Å². The number of carbonyl (C=O) groups excluding carboxylic acids is 3. The lowest BCUT2D eigenvalue weighted by atomic mass is 10.0. The largest absolute Gasteiger partial charge is 0.488 e. The predicted molar refractivity (Wildman–Crippen MR) is 132 cm³/mol. The molecule has 0 bridgehead atoms. The quantitative estimate of drug-likeness (QED) is 0.427. The normalized spacial score (nSPS) is 15.0. The van der Waals surface area contributed by atoms with E-state index in [4.69, 9.17) is 4.74 Å². The minimum absolute atomic E-state index is 0.136. The molecule has 6 heteroatoms. The number of urea groups is 1. The van der Waals surface area contributed by atoms with Crippen molar-refractivity contribution in [3.63, 3.8) is 0 Å². The highest BCUT2D eigenvalue weighted by Crippen LogP contribution is 2.28. The third-order valence-electron chi connectivity index (χ3n) is 5.60. The van der Waals surface area contributed by atoms with Gasteiger partial charge >= 0.3 is 6.03 Å². The van der Waals surface area contributed by atoms with Gasteiger partial charge in [-0.05, 0) is 62.6 Å². The summed E-state index contributed by atoms with van der Waals surface area (Å²) in [5.41, 5.74) is 5.85. The summed E-state index contributed by atoms with van der Waals surface area (Å²) in [7, 11) is 0. The predicted octanol–water partition coefficient (Wildman–Crippen LogP) is 5.17. The third-order valence-corrected chi connectivity index (χ3v) is 5.60. The van der Waals surface area contributed by atoms with Gasteiger partial charge in [0.05, 0.1) is 5.69 Å². The summed E-state index contributed by atoms with van der Waals surface area (Å²) in [6.07, 6.45) is 1.47. The van der Waals surface area contributed by atoms with E-state index in [1.807, 2.05) is 45.9 Å². The monoisotopic (exact) mass is 454 g/mol. The Bertz CT molecular complexity index is 1320. The number of amides is 4. The number of imide groups is 2. The van der Waals surface area contributed by atoms with Crippen LogP contribution in [0.1, 0.15) is 33.4 Å². The zero-order valence-corrected chi connectivity index (χ0v) is 19.6. The second-order valence-corrected chi connectivity index (χ2v) is 8.57. The average molecular weight is 455 g/mol. The first kappa shape index (κ1) is 23.0. The average Bonchev–Trinajstić information content (AvgIpc) is 2.77. The van der Waals surface area contributed by atoms with Crippen LogP contribution >= 0.6 is 0 Å². The number of hydrogen-bond donors (Lipinski definition) is 1. The van der Waals surface area contributed by atoms with Gasteiger partial charge in [-0.25, -0.2) is 9.69 Å². The van der Waals surface area contributed by atoms with Crippen molar-refractivity contribution in [2.45, 2.75) is 34.3 Å². The van der Waals surface area contributed by atoms with E-state index in [-0.39, 0.29) is 5.57 Å². The van der Waals surface area contributed by atoms with E-state index >= 15 is 0 Å². The summed E-state index contributed by atoms with van der Waals surface area (Å²) in [5.74, 6) is -0.878. The molecule has 0 atom stereocenters. The highest BCUT2D eigenvalue weighted by molar-refractivity contribution is 6.39. The maximum atomic E-state index is 13.3. The van der Waals surface area contributed by atoms with Gasteiger partial charge in [0.25, 0.3) is 11.8 Å². The van der Waals surface area contributed by atoms with Crippen LogP contribution in [-0.4, -0.2) is 17.8 Å². The Balaban J connectivity index is 1.66. The summed E-state index contributed by atoms with van der Waals surface area (Å²) in [6.45, 7) is 8.10. The summed E-state index contributed by atoms with van der Waals surface area (Å²) >= 11 is 0. The Morgan fingerprint density at radius 3 is 2.29 bits per heavy atom. The van der Waals surface area contributed by atoms with Crippen LogP contribution in [0, 0.1) is 27.7 Å². The number of para-hydroxylation sites is 1. The Morgan fingerprint density at radius 2 is 1.56 bits per heavy atom. The van der Waals surface area contributed by atoms with E-state index in [2.05, 4.69) is 23.5 Å². The highest BCUT2D eigenvalue weighted by Gasteiger charge is 2.37. The van der Waals surface area contributed by atoms with Crippen LogP contribution in [0.5, 0.6) is 5.75 Å². The van der Waals surface area contributed by atoms with E-state index < -0.39 is 17.8 Å². The molecule has 1 heterocycles. The fourth-order valence-corrected chi connectivity index (χ4v) is 4.04. The van der Waals surface area contributed by atoms with Gasteiger partial charge in [-0.15, -0.1) is 0 Å². The first-order valence-electron chi connectivity index (χ1n) is 11.0. The molecule has 1 aliphatic heterocycles. The topological polar surface area (TPSA) is 75.7 Å². The fourth-order valence-electron chi connectivity index (χ4n) is 4.04. The molecule has 0 spiro atoms. The molecule has 0 unspecified atom stereocenters. The van der Waals surface area contributed by atoms with Crippen LogP contribution < -0.4 is 15.0 Å². The number of nitrogens with one attached hydrogen (secondary N) is 1. The number of aryl methyl sites for hydroxylation is 4. The molecule has 3 aromatic carbocycles. The molecule has 4 rings (SSSR count). The van der Waals surface area contributed by atoms with Crippen molar-refractivity contribution < 1.29 is 19.1 Å². The summed E-state index contributed by atoms with van der Waals surface area (Å²) in [4.78, 5) is 39.5. The van der Waals surface area contributed by atoms with Crippen molar-refractivity contribution in [1.29, 1.82) is 0 Å². The number of barbiturate groups is 1. The highest BCUT2D eigenvalue weighted by atomic mass is 16.5.